The second kappa shape index (κ2) is 6.51. The zero-order chi connectivity index (χ0) is 12.0. The Morgan fingerprint density at radius 2 is 1.94 bits per heavy atom. The van der Waals surface area contributed by atoms with Crippen LogP contribution in [0.3, 0.4) is 0 Å². The van der Waals surface area contributed by atoms with Crippen LogP contribution in [0, 0.1) is 0 Å². The molecule has 3 heteroatoms. The molecule has 1 unspecified atom stereocenters. The first-order chi connectivity index (χ1) is 7.65. The zero-order valence-electron chi connectivity index (χ0n) is 10.4. The van der Waals surface area contributed by atoms with Gasteiger partial charge in [0.05, 0.1) is 6.10 Å². The van der Waals surface area contributed by atoms with Crippen LogP contribution in [-0.4, -0.2) is 31.2 Å². The standard InChI is InChI=1S/C13H22N2O/c1-4-15(9-11(2)16-3)10-12-5-7-13(14)8-6-12/h5-8,11H,4,9-10,14H2,1-3H3. The minimum Gasteiger partial charge on any atom is -0.399 e. The maximum Gasteiger partial charge on any atom is 0.0670 e. The lowest BCUT2D eigenvalue weighted by Crippen LogP contribution is -2.31. The van der Waals surface area contributed by atoms with Crippen LogP contribution in [0.5, 0.6) is 0 Å². The number of rotatable bonds is 6. The fraction of sp³-hybridized carbons (Fsp3) is 0.538. The number of methoxy groups -OCH3 is 1. The molecule has 0 heterocycles. The lowest BCUT2D eigenvalue weighted by Gasteiger charge is -2.23. The molecule has 3 nitrogen and oxygen atoms in total. The number of ether oxygens (including phenoxy) is 1. The van der Waals surface area contributed by atoms with E-state index in [1.807, 2.05) is 12.1 Å². The molecule has 1 aromatic carbocycles. The van der Waals surface area contributed by atoms with Crippen molar-refractivity contribution in [2.75, 3.05) is 25.9 Å². The van der Waals surface area contributed by atoms with Crippen LogP contribution in [0.2, 0.25) is 0 Å². The quantitative estimate of drug-likeness (QED) is 0.749. The Balaban J connectivity index is 2.52. The van der Waals surface area contributed by atoms with E-state index in [0.717, 1.165) is 25.3 Å². The molecular formula is C13H22N2O. The Hall–Kier alpha value is -1.06. The molecule has 1 aromatic rings. The number of likely N-dealkylation sites (N-methyl/N-ethyl adjacent to an activating group) is 1. The van der Waals surface area contributed by atoms with Crippen LogP contribution in [0.15, 0.2) is 24.3 Å². The first kappa shape index (κ1) is 13.0. The number of benzene rings is 1. The van der Waals surface area contributed by atoms with Gasteiger partial charge in [-0.05, 0) is 31.2 Å². The van der Waals surface area contributed by atoms with Gasteiger partial charge in [-0.25, -0.2) is 0 Å². The molecule has 0 aliphatic rings. The van der Waals surface area contributed by atoms with Gasteiger partial charge >= 0.3 is 0 Å². The molecule has 1 rings (SSSR count). The number of nitrogens with two attached hydrogens (primary N) is 1. The molecule has 0 aliphatic heterocycles. The number of hydrogen-bond acceptors (Lipinski definition) is 3. The number of anilines is 1. The van der Waals surface area contributed by atoms with Gasteiger partial charge in [-0.1, -0.05) is 19.1 Å². The topological polar surface area (TPSA) is 38.5 Å². The molecule has 0 spiro atoms. The van der Waals surface area contributed by atoms with Gasteiger partial charge in [-0.3, -0.25) is 4.90 Å². The first-order valence-corrected chi connectivity index (χ1v) is 5.75. The highest BCUT2D eigenvalue weighted by atomic mass is 16.5. The summed E-state index contributed by atoms with van der Waals surface area (Å²) in [5.41, 5.74) is 7.77. The molecule has 1 atom stereocenters. The fourth-order valence-corrected chi connectivity index (χ4v) is 1.62. The van der Waals surface area contributed by atoms with Crippen molar-refractivity contribution >= 4 is 5.69 Å². The van der Waals surface area contributed by atoms with Gasteiger partial charge in [-0.2, -0.15) is 0 Å². The van der Waals surface area contributed by atoms with Crippen LogP contribution in [0.25, 0.3) is 0 Å². The fourth-order valence-electron chi connectivity index (χ4n) is 1.62. The van der Waals surface area contributed by atoms with Gasteiger partial charge in [0.1, 0.15) is 0 Å². The summed E-state index contributed by atoms with van der Waals surface area (Å²) in [7, 11) is 1.75. The van der Waals surface area contributed by atoms with Crippen LogP contribution in [0.4, 0.5) is 5.69 Å². The van der Waals surface area contributed by atoms with E-state index in [4.69, 9.17) is 10.5 Å². The first-order valence-electron chi connectivity index (χ1n) is 5.75. The highest BCUT2D eigenvalue weighted by Gasteiger charge is 2.08. The summed E-state index contributed by atoms with van der Waals surface area (Å²) in [5, 5.41) is 0. The largest absolute Gasteiger partial charge is 0.399 e. The van der Waals surface area contributed by atoms with Crippen molar-refractivity contribution in [3.8, 4) is 0 Å². The summed E-state index contributed by atoms with van der Waals surface area (Å²) < 4.78 is 5.28. The van der Waals surface area contributed by atoms with Crippen molar-refractivity contribution in [3.05, 3.63) is 29.8 Å². The van der Waals surface area contributed by atoms with Gasteiger partial charge in [0.2, 0.25) is 0 Å². The minimum absolute atomic E-state index is 0.272. The summed E-state index contributed by atoms with van der Waals surface area (Å²) in [6.07, 6.45) is 0.272. The predicted octanol–water partition coefficient (Wildman–Crippen LogP) is 2.13. The Bertz CT molecular complexity index is 297. The van der Waals surface area contributed by atoms with E-state index in [9.17, 15) is 0 Å². The number of nitrogen functional groups attached to an aromatic ring is 1. The Kier molecular flexibility index (Phi) is 5.29. The van der Waals surface area contributed by atoms with E-state index in [1.54, 1.807) is 7.11 Å². The molecule has 0 bridgehead atoms. The third-order valence-corrected chi connectivity index (χ3v) is 2.75. The highest BCUT2D eigenvalue weighted by molar-refractivity contribution is 5.39. The van der Waals surface area contributed by atoms with Gasteiger partial charge in [-0.15, -0.1) is 0 Å². The zero-order valence-corrected chi connectivity index (χ0v) is 10.4. The molecule has 0 fully saturated rings. The summed E-state index contributed by atoms with van der Waals surface area (Å²) in [4.78, 5) is 2.36. The molecule has 0 radical (unpaired) electrons. The summed E-state index contributed by atoms with van der Waals surface area (Å²) >= 11 is 0. The lowest BCUT2D eigenvalue weighted by molar-refractivity contribution is 0.0763. The van der Waals surface area contributed by atoms with E-state index < -0.39 is 0 Å². The Morgan fingerprint density at radius 1 is 1.31 bits per heavy atom. The molecule has 0 aromatic heterocycles. The maximum atomic E-state index is 5.66. The smallest absolute Gasteiger partial charge is 0.0670 e. The van der Waals surface area contributed by atoms with E-state index in [-0.39, 0.29) is 6.10 Å². The molecular weight excluding hydrogens is 200 g/mol. The number of hydrogen-bond donors (Lipinski definition) is 1. The molecule has 0 aliphatic carbocycles. The number of nitrogens with zero attached hydrogens (tertiary/aromatic N) is 1. The van der Waals surface area contributed by atoms with Gasteiger partial charge in [0.15, 0.2) is 0 Å². The van der Waals surface area contributed by atoms with Crippen LogP contribution < -0.4 is 5.73 Å². The lowest BCUT2D eigenvalue weighted by atomic mass is 10.2. The second-order valence-electron chi connectivity index (χ2n) is 4.12. The van der Waals surface area contributed by atoms with Gasteiger partial charge < -0.3 is 10.5 Å². The third-order valence-electron chi connectivity index (χ3n) is 2.75. The second-order valence-corrected chi connectivity index (χ2v) is 4.12. The SMILES string of the molecule is CCN(Cc1ccc(N)cc1)CC(C)OC. The summed E-state index contributed by atoms with van der Waals surface area (Å²) in [5.74, 6) is 0. The van der Waals surface area contributed by atoms with Crippen LogP contribution >= 0.6 is 0 Å². The van der Waals surface area contributed by atoms with Crippen molar-refractivity contribution in [3.63, 3.8) is 0 Å². The van der Waals surface area contributed by atoms with Crippen LogP contribution in [-0.2, 0) is 11.3 Å². The van der Waals surface area contributed by atoms with Crippen molar-refractivity contribution in [1.82, 2.24) is 4.90 Å². The monoisotopic (exact) mass is 222 g/mol. The molecule has 0 saturated carbocycles. The average Bonchev–Trinajstić information content (AvgIpc) is 2.30. The van der Waals surface area contributed by atoms with E-state index in [2.05, 4.69) is 30.9 Å². The van der Waals surface area contributed by atoms with Gasteiger partial charge in [0, 0.05) is 25.9 Å². The van der Waals surface area contributed by atoms with E-state index in [0.29, 0.717) is 0 Å². The third kappa shape index (κ3) is 4.21. The molecule has 0 amide bonds. The highest BCUT2D eigenvalue weighted by Crippen LogP contribution is 2.09. The van der Waals surface area contributed by atoms with E-state index >= 15 is 0 Å². The van der Waals surface area contributed by atoms with E-state index in [1.165, 1.54) is 5.56 Å². The molecule has 90 valence electrons. The Labute approximate surface area is 98.2 Å². The minimum atomic E-state index is 0.272. The van der Waals surface area contributed by atoms with Crippen molar-refractivity contribution in [2.45, 2.75) is 26.5 Å². The normalized spacial score (nSPS) is 13.0. The Morgan fingerprint density at radius 3 is 2.44 bits per heavy atom. The maximum absolute atomic E-state index is 5.66. The molecule has 16 heavy (non-hydrogen) atoms. The molecule has 0 saturated heterocycles. The van der Waals surface area contributed by atoms with Crippen molar-refractivity contribution in [2.24, 2.45) is 0 Å². The summed E-state index contributed by atoms with van der Waals surface area (Å²) in [6.45, 7) is 7.19. The predicted molar refractivity (Wildman–Crippen MR) is 68.3 cm³/mol. The summed E-state index contributed by atoms with van der Waals surface area (Å²) in [6, 6.07) is 8.05. The average molecular weight is 222 g/mol. The van der Waals surface area contributed by atoms with Crippen molar-refractivity contribution < 1.29 is 4.74 Å². The van der Waals surface area contributed by atoms with Gasteiger partial charge in [0.25, 0.3) is 0 Å². The molecule has 2 N–H and O–H groups in total. The van der Waals surface area contributed by atoms with Crippen molar-refractivity contribution in [1.29, 1.82) is 0 Å². The van der Waals surface area contributed by atoms with Crippen LogP contribution in [0.1, 0.15) is 19.4 Å².